The minimum Gasteiger partial charge on any atom is -0.390 e. The van der Waals surface area contributed by atoms with Gasteiger partial charge in [-0.2, -0.15) is 0 Å². The molecule has 1 heterocycles. The number of rotatable bonds is 5. The lowest BCUT2D eigenvalue weighted by molar-refractivity contribution is -0.109. The highest BCUT2D eigenvalue weighted by Gasteiger charge is 2.19. The molecule has 1 rings (SSSR count). The van der Waals surface area contributed by atoms with Crippen LogP contribution in [-0.2, 0) is 4.79 Å². The summed E-state index contributed by atoms with van der Waals surface area (Å²) in [6.07, 6.45) is -1.41. The van der Waals surface area contributed by atoms with E-state index < -0.39 is 12.2 Å². The summed E-state index contributed by atoms with van der Waals surface area (Å²) in [6.45, 7) is 5.19. The van der Waals surface area contributed by atoms with Gasteiger partial charge in [0.05, 0.1) is 6.10 Å². The average molecular weight is 269 g/mol. The number of carbonyl (C=O) groups excluding carboxylic acids is 1. The molecule has 5 heteroatoms. The summed E-state index contributed by atoms with van der Waals surface area (Å²) in [5.74, 6) is 0.511. The first-order chi connectivity index (χ1) is 8.40. The van der Waals surface area contributed by atoms with E-state index in [1.807, 2.05) is 13.8 Å². The smallest absolute Gasteiger partial charge is 0.185 e. The van der Waals surface area contributed by atoms with Crippen molar-refractivity contribution >= 4 is 16.9 Å². The molecular formula is C13H19NO3S. The summed E-state index contributed by atoms with van der Waals surface area (Å²) >= 11 is 1.16. The van der Waals surface area contributed by atoms with Crippen molar-refractivity contribution in [1.29, 1.82) is 0 Å². The number of nitrogens with zero attached hydrogens (tertiary/aromatic N) is 1. The second-order valence-electron chi connectivity index (χ2n) is 4.32. The van der Waals surface area contributed by atoms with E-state index in [1.165, 1.54) is 6.92 Å². The van der Waals surface area contributed by atoms with Gasteiger partial charge in [0.2, 0.25) is 0 Å². The zero-order valence-corrected chi connectivity index (χ0v) is 11.7. The van der Waals surface area contributed by atoms with E-state index in [0.717, 1.165) is 23.1 Å². The van der Waals surface area contributed by atoms with Crippen LogP contribution in [0.5, 0.6) is 0 Å². The first-order valence-electron chi connectivity index (χ1n) is 5.85. The molecular weight excluding hydrogens is 250 g/mol. The Hall–Kier alpha value is -0.910. The van der Waals surface area contributed by atoms with E-state index in [4.69, 9.17) is 0 Å². The van der Waals surface area contributed by atoms with Crippen LogP contribution < -0.4 is 0 Å². The minimum atomic E-state index is -0.932. The van der Waals surface area contributed by atoms with Crippen LogP contribution in [0.15, 0.2) is 12.1 Å². The number of aryl methyl sites for hydroxylation is 2. The van der Waals surface area contributed by atoms with Crippen molar-refractivity contribution in [3.8, 4) is 0 Å². The maximum absolute atomic E-state index is 10.8. The van der Waals surface area contributed by atoms with Gasteiger partial charge in [-0.25, -0.2) is 0 Å². The Morgan fingerprint density at radius 2 is 1.89 bits per heavy atom. The zero-order valence-electron chi connectivity index (χ0n) is 10.9. The summed E-state index contributed by atoms with van der Waals surface area (Å²) < 4.78 is 0. The number of aliphatic hydroxyl groups excluding tert-OH is 2. The predicted molar refractivity (Wildman–Crippen MR) is 72.4 cm³/mol. The number of aliphatic hydroxyl groups is 2. The summed E-state index contributed by atoms with van der Waals surface area (Å²) in [5, 5.41) is 19.9. The fraction of sp³-hybridized carbons (Fsp3) is 0.538. The summed E-state index contributed by atoms with van der Waals surface area (Å²) in [5.41, 5.74) is 2.30. The molecule has 0 aromatic carbocycles. The molecule has 0 spiro atoms. The van der Waals surface area contributed by atoms with Crippen LogP contribution in [-0.4, -0.2) is 32.2 Å². The summed E-state index contributed by atoms with van der Waals surface area (Å²) in [4.78, 5) is 15.0. The van der Waals surface area contributed by atoms with Gasteiger partial charge in [0.25, 0.3) is 0 Å². The van der Waals surface area contributed by atoms with Crippen LogP contribution in [0.2, 0.25) is 0 Å². The van der Waals surface area contributed by atoms with Crippen LogP contribution >= 0.6 is 11.8 Å². The molecule has 100 valence electrons. The van der Waals surface area contributed by atoms with E-state index in [0.29, 0.717) is 17.7 Å². The second kappa shape index (κ2) is 6.87. The van der Waals surface area contributed by atoms with Crippen molar-refractivity contribution in [3.63, 3.8) is 0 Å². The molecule has 2 atom stereocenters. The van der Waals surface area contributed by atoms with Gasteiger partial charge in [-0.15, -0.1) is 0 Å². The first kappa shape index (κ1) is 15.1. The number of thioether (sulfide) groups is 1. The molecule has 1 aromatic heterocycles. The number of hydrogen-bond donors (Lipinski definition) is 2. The maximum atomic E-state index is 10.8. The van der Waals surface area contributed by atoms with Gasteiger partial charge in [-0.05, 0) is 38.0 Å². The summed E-state index contributed by atoms with van der Waals surface area (Å²) in [7, 11) is 0. The molecule has 0 saturated carbocycles. The molecule has 1 aromatic rings. The Balaban J connectivity index is 2.62. The topological polar surface area (TPSA) is 70.4 Å². The molecule has 0 fully saturated rings. The van der Waals surface area contributed by atoms with E-state index in [2.05, 4.69) is 4.98 Å². The van der Waals surface area contributed by atoms with Crippen molar-refractivity contribution in [1.82, 2.24) is 4.98 Å². The second-order valence-corrected chi connectivity index (χ2v) is 5.60. The average Bonchev–Trinajstić information content (AvgIpc) is 2.26. The predicted octanol–water partition coefficient (Wildman–Crippen LogP) is 1.76. The minimum absolute atomic E-state index is 0.0206. The van der Waals surface area contributed by atoms with E-state index in [-0.39, 0.29) is 5.12 Å². The van der Waals surface area contributed by atoms with Crippen molar-refractivity contribution < 1.29 is 15.0 Å². The number of hydrogen-bond acceptors (Lipinski definition) is 5. The molecule has 0 aliphatic rings. The molecule has 0 saturated heterocycles. The normalized spacial score (nSPS) is 14.3. The van der Waals surface area contributed by atoms with Gasteiger partial charge >= 0.3 is 0 Å². The molecule has 2 N–H and O–H groups in total. The van der Waals surface area contributed by atoms with Gasteiger partial charge in [0.15, 0.2) is 5.12 Å². The highest BCUT2D eigenvalue weighted by atomic mass is 32.2. The molecule has 18 heavy (non-hydrogen) atoms. The standard InChI is InChI=1S/C13H19NO3S/c1-8-6-11(7-9(2)14-8)13(17)12(16)4-5-18-10(3)15/h6-7,12-13,16-17H,4-5H2,1-3H3. The van der Waals surface area contributed by atoms with Gasteiger partial charge in [-0.3, -0.25) is 9.78 Å². The molecule has 0 radical (unpaired) electrons. The van der Waals surface area contributed by atoms with Crippen molar-refractivity contribution in [2.75, 3.05) is 5.75 Å². The number of aromatic nitrogens is 1. The van der Waals surface area contributed by atoms with Crippen LogP contribution in [0.3, 0.4) is 0 Å². The van der Waals surface area contributed by atoms with E-state index >= 15 is 0 Å². The maximum Gasteiger partial charge on any atom is 0.185 e. The fourth-order valence-electron chi connectivity index (χ4n) is 1.74. The quantitative estimate of drug-likeness (QED) is 0.852. The molecule has 0 amide bonds. The molecule has 2 unspecified atom stereocenters. The lowest BCUT2D eigenvalue weighted by Gasteiger charge is -2.18. The van der Waals surface area contributed by atoms with Gasteiger partial charge in [-0.1, -0.05) is 11.8 Å². The number of pyridine rings is 1. The highest BCUT2D eigenvalue weighted by molar-refractivity contribution is 8.13. The molecule has 0 bridgehead atoms. The van der Waals surface area contributed by atoms with Crippen LogP contribution in [0.1, 0.15) is 36.4 Å². The Morgan fingerprint density at radius 3 is 2.39 bits per heavy atom. The van der Waals surface area contributed by atoms with Crippen molar-refractivity contribution in [2.24, 2.45) is 0 Å². The Labute approximate surface area is 111 Å². The monoisotopic (exact) mass is 269 g/mol. The Morgan fingerprint density at radius 1 is 1.33 bits per heavy atom. The van der Waals surface area contributed by atoms with Crippen LogP contribution in [0, 0.1) is 13.8 Å². The van der Waals surface area contributed by atoms with Crippen LogP contribution in [0.25, 0.3) is 0 Å². The fourth-order valence-corrected chi connectivity index (χ4v) is 2.39. The van der Waals surface area contributed by atoms with Gasteiger partial charge in [0.1, 0.15) is 6.10 Å². The third-order valence-electron chi connectivity index (χ3n) is 2.53. The summed E-state index contributed by atoms with van der Waals surface area (Å²) in [6, 6.07) is 3.53. The van der Waals surface area contributed by atoms with Gasteiger partial charge < -0.3 is 10.2 Å². The third kappa shape index (κ3) is 4.76. The van der Waals surface area contributed by atoms with E-state index in [9.17, 15) is 15.0 Å². The van der Waals surface area contributed by atoms with E-state index in [1.54, 1.807) is 12.1 Å². The lowest BCUT2D eigenvalue weighted by Crippen LogP contribution is -2.19. The Bertz CT molecular complexity index is 402. The lowest BCUT2D eigenvalue weighted by atomic mass is 10.0. The highest BCUT2D eigenvalue weighted by Crippen LogP contribution is 2.21. The zero-order chi connectivity index (χ0) is 13.7. The number of carbonyl (C=O) groups is 1. The molecule has 0 aliphatic carbocycles. The van der Waals surface area contributed by atoms with Crippen LogP contribution in [0.4, 0.5) is 0 Å². The molecule has 0 aliphatic heterocycles. The van der Waals surface area contributed by atoms with Gasteiger partial charge in [0, 0.05) is 24.1 Å². The van der Waals surface area contributed by atoms with Crippen molar-refractivity contribution in [3.05, 3.63) is 29.1 Å². The SMILES string of the molecule is CC(=O)SCCC(O)C(O)c1cc(C)nc(C)c1. The third-order valence-corrected chi connectivity index (χ3v) is 3.38. The largest absolute Gasteiger partial charge is 0.390 e. The molecule has 4 nitrogen and oxygen atoms in total. The van der Waals surface area contributed by atoms with Crippen molar-refractivity contribution in [2.45, 2.75) is 39.4 Å². The first-order valence-corrected chi connectivity index (χ1v) is 6.83. The Kier molecular flexibility index (Phi) is 5.78.